The van der Waals surface area contributed by atoms with Crippen LogP contribution in [-0.4, -0.2) is 46.9 Å². The second-order valence-corrected chi connectivity index (χ2v) is 6.17. The van der Waals surface area contributed by atoms with Crippen LogP contribution in [0.3, 0.4) is 0 Å². The van der Waals surface area contributed by atoms with Gasteiger partial charge in [0.15, 0.2) is 5.13 Å². The molecule has 0 aromatic carbocycles. The van der Waals surface area contributed by atoms with Crippen molar-refractivity contribution in [3.63, 3.8) is 0 Å². The van der Waals surface area contributed by atoms with Gasteiger partial charge in [-0.3, -0.25) is 14.9 Å². The third-order valence-corrected chi connectivity index (χ3v) is 4.68. The summed E-state index contributed by atoms with van der Waals surface area (Å²) < 4.78 is 0. The molecule has 1 saturated heterocycles. The minimum absolute atomic E-state index is 0.0650. The molecule has 1 saturated carbocycles. The molecule has 0 bridgehead atoms. The van der Waals surface area contributed by atoms with E-state index in [0.29, 0.717) is 18.2 Å². The van der Waals surface area contributed by atoms with E-state index in [2.05, 4.69) is 4.98 Å². The molecule has 108 valence electrons. The first kappa shape index (κ1) is 13.3. The number of carbonyl (C=O) groups is 1. The zero-order chi connectivity index (χ0) is 14.1. The number of carbonyl (C=O) groups excluding carboxylic acids is 1. The van der Waals surface area contributed by atoms with Crippen molar-refractivity contribution in [2.45, 2.75) is 19.3 Å². The van der Waals surface area contributed by atoms with Crippen molar-refractivity contribution in [1.82, 2.24) is 9.88 Å². The average molecular weight is 296 g/mol. The molecule has 0 N–H and O–H groups in total. The fourth-order valence-electron chi connectivity index (χ4n) is 2.40. The van der Waals surface area contributed by atoms with Gasteiger partial charge in [-0.15, -0.1) is 0 Å². The van der Waals surface area contributed by atoms with E-state index in [1.807, 2.05) is 9.80 Å². The van der Waals surface area contributed by atoms with Crippen LogP contribution >= 0.6 is 11.3 Å². The molecule has 0 spiro atoms. The van der Waals surface area contributed by atoms with E-state index in [9.17, 15) is 14.9 Å². The predicted molar refractivity (Wildman–Crippen MR) is 74.9 cm³/mol. The Kier molecular flexibility index (Phi) is 3.56. The highest BCUT2D eigenvalue weighted by atomic mass is 32.1. The first-order chi connectivity index (χ1) is 9.65. The largest absolute Gasteiger partial charge is 0.346 e. The number of thiazole rings is 1. The van der Waals surface area contributed by atoms with Gasteiger partial charge in [0.2, 0.25) is 5.91 Å². The number of amides is 1. The Balaban J connectivity index is 1.63. The van der Waals surface area contributed by atoms with Gasteiger partial charge in [0.05, 0.1) is 4.92 Å². The van der Waals surface area contributed by atoms with Crippen LogP contribution in [0, 0.1) is 16.0 Å². The van der Waals surface area contributed by atoms with Gasteiger partial charge < -0.3 is 9.80 Å². The molecule has 0 atom stereocenters. The molecule has 1 aromatic rings. The van der Waals surface area contributed by atoms with Crippen molar-refractivity contribution in [2.75, 3.05) is 31.1 Å². The maximum atomic E-state index is 12.1. The van der Waals surface area contributed by atoms with Crippen molar-refractivity contribution in [3.05, 3.63) is 16.3 Å². The van der Waals surface area contributed by atoms with Gasteiger partial charge in [0.1, 0.15) is 6.20 Å². The Bertz CT molecular complexity index is 529. The number of nitro groups is 1. The number of nitrogens with zero attached hydrogens (tertiary/aromatic N) is 4. The van der Waals surface area contributed by atoms with Crippen molar-refractivity contribution in [2.24, 2.45) is 5.92 Å². The summed E-state index contributed by atoms with van der Waals surface area (Å²) in [6.45, 7) is 2.95. The molecule has 2 fully saturated rings. The first-order valence-corrected chi connectivity index (χ1v) is 7.61. The van der Waals surface area contributed by atoms with Crippen LogP contribution in [0.1, 0.15) is 19.3 Å². The van der Waals surface area contributed by atoms with Crippen LogP contribution in [-0.2, 0) is 4.79 Å². The van der Waals surface area contributed by atoms with E-state index in [1.165, 1.54) is 6.20 Å². The minimum Gasteiger partial charge on any atom is -0.346 e. The second-order valence-electron chi connectivity index (χ2n) is 5.18. The summed E-state index contributed by atoms with van der Waals surface area (Å²) in [5.74, 6) is 0.527. The summed E-state index contributed by atoms with van der Waals surface area (Å²) in [6.07, 6.45) is 4.24. The molecule has 8 heteroatoms. The van der Waals surface area contributed by atoms with Gasteiger partial charge in [-0.2, -0.15) is 0 Å². The van der Waals surface area contributed by atoms with E-state index in [1.54, 1.807) is 0 Å². The lowest BCUT2D eigenvalue weighted by Gasteiger charge is -2.21. The lowest BCUT2D eigenvalue weighted by Crippen LogP contribution is -2.36. The fraction of sp³-hybridized carbons (Fsp3) is 0.667. The number of aromatic nitrogens is 1. The summed E-state index contributed by atoms with van der Waals surface area (Å²) in [5.41, 5.74) is 0. The van der Waals surface area contributed by atoms with Gasteiger partial charge in [0, 0.05) is 32.1 Å². The van der Waals surface area contributed by atoms with Crippen LogP contribution in [0.4, 0.5) is 10.1 Å². The van der Waals surface area contributed by atoms with E-state index < -0.39 is 4.92 Å². The Morgan fingerprint density at radius 1 is 1.35 bits per heavy atom. The maximum Gasteiger partial charge on any atom is 0.345 e. The normalized spacial score (nSPS) is 19.8. The number of anilines is 1. The second kappa shape index (κ2) is 5.35. The first-order valence-electron chi connectivity index (χ1n) is 6.79. The molecule has 7 nitrogen and oxygen atoms in total. The Hall–Kier alpha value is -1.70. The quantitative estimate of drug-likeness (QED) is 0.624. The summed E-state index contributed by atoms with van der Waals surface area (Å²) >= 11 is 1.10. The molecule has 1 aliphatic heterocycles. The third kappa shape index (κ3) is 2.74. The summed E-state index contributed by atoms with van der Waals surface area (Å²) in [7, 11) is 0. The van der Waals surface area contributed by atoms with E-state index >= 15 is 0 Å². The number of hydrogen-bond acceptors (Lipinski definition) is 6. The van der Waals surface area contributed by atoms with Crippen molar-refractivity contribution in [3.8, 4) is 0 Å². The molecule has 0 unspecified atom stereocenters. The van der Waals surface area contributed by atoms with Crippen molar-refractivity contribution >= 4 is 27.4 Å². The highest BCUT2D eigenvalue weighted by molar-refractivity contribution is 7.18. The summed E-state index contributed by atoms with van der Waals surface area (Å²) in [4.78, 5) is 30.4. The molecule has 1 aromatic heterocycles. The number of hydrogen-bond donors (Lipinski definition) is 0. The van der Waals surface area contributed by atoms with E-state index in [-0.39, 0.29) is 16.8 Å². The molecule has 1 amide bonds. The van der Waals surface area contributed by atoms with Crippen LogP contribution in [0.15, 0.2) is 6.20 Å². The van der Waals surface area contributed by atoms with E-state index in [0.717, 1.165) is 43.7 Å². The highest BCUT2D eigenvalue weighted by Crippen LogP contribution is 2.32. The molecular formula is C12H16N4O3S. The lowest BCUT2D eigenvalue weighted by molar-refractivity contribution is -0.380. The topological polar surface area (TPSA) is 79.6 Å². The monoisotopic (exact) mass is 296 g/mol. The Morgan fingerprint density at radius 3 is 2.80 bits per heavy atom. The third-order valence-electron chi connectivity index (χ3n) is 3.67. The zero-order valence-electron chi connectivity index (χ0n) is 11.0. The van der Waals surface area contributed by atoms with Gasteiger partial charge >= 0.3 is 5.00 Å². The summed E-state index contributed by atoms with van der Waals surface area (Å²) in [6, 6.07) is 0. The maximum absolute atomic E-state index is 12.1. The summed E-state index contributed by atoms with van der Waals surface area (Å²) in [5, 5.41) is 11.4. The molecular weight excluding hydrogens is 280 g/mol. The Labute approximate surface area is 120 Å². The van der Waals surface area contributed by atoms with Gasteiger partial charge in [-0.1, -0.05) is 0 Å². The predicted octanol–water partition coefficient (Wildman–Crippen LogP) is 1.50. The SMILES string of the molecule is O=C(C1CC1)N1CCCN(c2ncc([N+](=O)[O-])s2)CC1. The Morgan fingerprint density at radius 2 is 2.15 bits per heavy atom. The van der Waals surface area contributed by atoms with Crippen molar-refractivity contribution < 1.29 is 9.72 Å². The van der Waals surface area contributed by atoms with Crippen molar-refractivity contribution in [1.29, 1.82) is 0 Å². The molecule has 1 aliphatic carbocycles. The molecule has 2 aliphatic rings. The van der Waals surface area contributed by atoms with Gasteiger partial charge in [-0.25, -0.2) is 4.98 Å². The van der Waals surface area contributed by atoms with Crippen LogP contribution < -0.4 is 4.90 Å². The van der Waals surface area contributed by atoms with Crippen LogP contribution in [0.25, 0.3) is 0 Å². The van der Waals surface area contributed by atoms with Crippen LogP contribution in [0.2, 0.25) is 0 Å². The van der Waals surface area contributed by atoms with Gasteiger partial charge in [0.25, 0.3) is 0 Å². The standard InChI is InChI=1S/C12H16N4O3S/c17-11(9-2-3-9)14-4-1-5-15(7-6-14)12-13-8-10(20-12)16(18)19/h8-9H,1-7H2. The molecule has 20 heavy (non-hydrogen) atoms. The molecule has 2 heterocycles. The van der Waals surface area contributed by atoms with Crippen LogP contribution in [0.5, 0.6) is 0 Å². The fourth-order valence-corrected chi connectivity index (χ4v) is 3.19. The smallest absolute Gasteiger partial charge is 0.345 e. The molecule has 0 radical (unpaired) electrons. The lowest BCUT2D eigenvalue weighted by atomic mass is 10.3. The van der Waals surface area contributed by atoms with E-state index in [4.69, 9.17) is 0 Å². The average Bonchev–Trinajstić information content (AvgIpc) is 3.20. The minimum atomic E-state index is -0.415. The molecule has 3 rings (SSSR count). The highest BCUT2D eigenvalue weighted by Gasteiger charge is 2.34. The van der Waals surface area contributed by atoms with Gasteiger partial charge in [-0.05, 0) is 30.6 Å². The number of rotatable bonds is 3. The zero-order valence-corrected chi connectivity index (χ0v) is 11.8.